The van der Waals surface area contributed by atoms with Crippen LogP contribution >= 0.6 is 12.6 Å². The van der Waals surface area contributed by atoms with Crippen molar-refractivity contribution in [2.24, 2.45) is 0 Å². The second-order valence-electron chi connectivity index (χ2n) is 12.7. The molecule has 0 aliphatic carbocycles. The van der Waals surface area contributed by atoms with E-state index in [-0.39, 0.29) is 10.8 Å². The van der Waals surface area contributed by atoms with E-state index in [1.165, 1.54) is 66.5 Å². The third-order valence-corrected chi connectivity index (χ3v) is 7.47. The number of benzene rings is 2. The zero-order valence-electron chi connectivity index (χ0n) is 25.4. The molecule has 0 bridgehead atoms. The van der Waals surface area contributed by atoms with Crippen LogP contribution < -0.4 is 0 Å². The molecule has 210 valence electrons. The van der Waals surface area contributed by atoms with Crippen molar-refractivity contribution in [3.8, 4) is 11.5 Å². The van der Waals surface area contributed by atoms with Crippen molar-refractivity contribution in [1.29, 1.82) is 0 Å². The summed E-state index contributed by atoms with van der Waals surface area (Å²) in [7, 11) is 0. The quantitative estimate of drug-likeness (QED) is 0.154. The maximum Gasteiger partial charge on any atom is 0.119 e. The van der Waals surface area contributed by atoms with Gasteiger partial charge in [-0.2, -0.15) is 0 Å². The predicted molar refractivity (Wildman–Crippen MR) is 166 cm³/mol. The van der Waals surface area contributed by atoms with E-state index in [4.69, 9.17) is 12.6 Å². The highest BCUT2D eigenvalue weighted by atomic mass is 32.1. The maximum atomic E-state index is 9.96. The van der Waals surface area contributed by atoms with Crippen molar-refractivity contribution < 1.29 is 10.2 Å². The fourth-order valence-corrected chi connectivity index (χ4v) is 5.36. The van der Waals surface area contributed by atoms with Gasteiger partial charge in [-0.15, -0.1) is 12.6 Å². The highest BCUT2D eigenvalue weighted by Crippen LogP contribution is 2.37. The number of phenols is 2. The fourth-order valence-electron chi connectivity index (χ4n) is 4.56. The Morgan fingerprint density at radius 3 is 1.27 bits per heavy atom. The number of thiol groups is 1. The van der Waals surface area contributed by atoms with Gasteiger partial charge in [0, 0.05) is 4.90 Å². The second kappa shape index (κ2) is 15.7. The molecule has 0 aliphatic heterocycles. The van der Waals surface area contributed by atoms with Crippen molar-refractivity contribution in [2.45, 2.75) is 149 Å². The molecule has 2 N–H and O–H groups in total. The molecule has 0 radical (unpaired) electrons. The summed E-state index contributed by atoms with van der Waals surface area (Å²) in [6.45, 7) is 20.2. The summed E-state index contributed by atoms with van der Waals surface area (Å²) in [5, 5.41) is 19.9. The minimum Gasteiger partial charge on any atom is -0.508 e. The summed E-state index contributed by atoms with van der Waals surface area (Å²) < 4.78 is 0. The average molecular weight is 529 g/mol. The topological polar surface area (TPSA) is 40.5 Å². The lowest BCUT2D eigenvalue weighted by atomic mass is 9.79. The van der Waals surface area contributed by atoms with E-state index in [2.05, 4.69) is 74.4 Å². The van der Waals surface area contributed by atoms with Crippen LogP contribution in [-0.2, 0) is 30.1 Å². The average Bonchev–Trinajstić information content (AvgIpc) is 2.80. The van der Waals surface area contributed by atoms with Crippen molar-refractivity contribution in [2.75, 3.05) is 0 Å². The lowest BCUT2D eigenvalue weighted by Gasteiger charge is -2.29. The SMILES string of the molecule is CCCCCc1cc(O)c(CCCCC)cc1O.CCCCc1cc(C(C)(C)C)c(S)c(C(C)(C)C)c1. The van der Waals surface area contributed by atoms with Crippen molar-refractivity contribution in [3.05, 3.63) is 52.1 Å². The highest BCUT2D eigenvalue weighted by molar-refractivity contribution is 7.80. The molecule has 2 rings (SSSR count). The van der Waals surface area contributed by atoms with E-state index >= 15 is 0 Å². The molecule has 2 aromatic carbocycles. The molecular formula is C34H56O2S. The molecule has 2 nitrogen and oxygen atoms in total. The molecule has 0 aliphatic rings. The summed E-state index contributed by atoms with van der Waals surface area (Å²) in [6.07, 6.45) is 12.2. The first kappa shape index (κ1) is 33.4. The minimum atomic E-state index is 0.152. The van der Waals surface area contributed by atoms with Crippen molar-refractivity contribution in [3.63, 3.8) is 0 Å². The monoisotopic (exact) mass is 528 g/mol. The third-order valence-electron chi connectivity index (χ3n) is 6.98. The van der Waals surface area contributed by atoms with Gasteiger partial charge >= 0.3 is 0 Å². The summed E-state index contributed by atoms with van der Waals surface area (Å²) in [5.41, 5.74) is 6.29. The van der Waals surface area contributed by atoms with Crippen LogP contribution in [0.5, 0.6) is 11.5 Å². The highest BCUT2D eigenvalue weighted by Gasteiger charge is 2.24. The number of rotatable bonds is 11. The van der Waals surface area contributed by atoms with Gasteiger partial charge in [-0.1, -0.05) is 107 Å². The molecule has 0 atom stereocenters. The van der Waals surface area contributed by atoms with Crippen LogP contribution in [0.3, 0.4) is 0 Å². The first-order valence-corrected chi connectivity index (χ1v) is 15.1. The minimum absolute atomic E-state index is 0.152. The molecule has 0 amide bonds. The largest absolute Gasteiger partial charge is 0.508 e. The molecule has 0 spiro atoms. The van der Waals surface area contributed by atoms with Gasteiger partial charge in [0.1, 0.15) is 11.5 Å². The Labute approximate surface area is 234 Å². The van der Waals surface area contributed by atoms with E-state index in [1.807, 2.05) is 0 Å². The molecule has 3 heteroatoms. The van der Waals surface area contributed by atoms with Gasteiger partial charge in [-0.25, -0.2) is 0 Å². The van der Waals surface area contributed by atoms with Gasteiger partial charge in [0.05, 0.1) is 0 Å². The van der Waals surface area contributed by atoms with Crippen LogP contribution in [0.15, 0.2) is 29.2 Å². The van der Waals surface area contributed by atoms with Gasteiger partial charge in [0.15, 0.2) is 0 Å². The van der Waals surface area contributed by atoms with Crippen LogP contribution in [-0.4, -0.2) is 10.2 Å². The van der Waals surface area contributed by atoms with E-state index in [0.717, 1.165) is 36.8 Å². The Hall–Kier alpha value is -1.61. The summed E-state index contributed by atoms with van der Waals surface area (Å²) >= 11 is 4.84. The maximum absolute atomic E-state index is 9.96. The number of aryl methyl sites for hydroxylation is 3. The second-order valence-corrected chi connectivity index (χ2v) is 13.1. The summed E-state index contributed by atoms with van der Waals surface area (Å²) in [4.78, 5) is 1.18. The number of hydrogen-bond donors (Lipinski definition) is 3. The lowest BCUT2D eigenvalue weighted by Crippen LogP contribution is -2.19. The van der Waals surface area contributed by atoms with Crippen LogP contribution in [0.25, 0.3) is 0 Å². The predicted octanol–water partition coefficient (Wildman–Crippen LogP) is 10.5. The zero-order valence-corrected chi connectivity index (χ0v) is 26.3. The molecule has 0 unspecified atom stereocenters. The Morgan fingerprint density at radius 1 is 0.568 bits per heavy atom. The molecule has 0 saturated carbocycles. The third kappa shape index (κ3) is 11.3. The number of aromatic hydroxyl groups is 2. The summed E-state index contributed by atoms with van der Waals surface area (Å²) in [5.74, 6) is 0.686. The molecule has 0 heterocycles. The molecule has 37 heavy (non-hydrogen) atoms. The van der Waals surface area contributed by atoms with Crippen LogP contribution in [0.1, 0.15) is 141 Å². The first-order chi connectivity index (χ1) is 17.3. The molecule has 2 aromatic rings. The zero-order chi connectivity index (χ0) is 28.2. The van der Waals surface area contributed by atoms with E-state index in [1.54, 1.807) is 12.1 Å². The van der Waals surface area contributed by atoms with Crippen molar-refractivity contribution in [1.82, 2.24) is 0 Å². The van der Waals surface area contributed by atoms with E-state index in [9.17, 15) is 10.2 Å². The van der Waals surface area contributed by atoms with Gasteiger partial charge in [0.2, 0.25) is 0 Å². The van der Waals surface area contributed by atoms with Crippen molar-refractivity contribution >= 4 is 12.6 Å². The molecule has 0 saturated heterocycles. The van der Waals surface area contributed by atoms with Gasteiger partial charge in [0.25, 0.3) is 0 Å². The Bertz CT molecular complexity index is 877. The van der Waals surface area contributed by atoms with Gasteiger partial charge in [-0.3, -0.25) is 0 Å². The Balaban J connectivity index is 0.000000371. The Kier molecular flexibility index (Phi) is 14.2. The van der Waals surface area contributed by atoms with Crippen LogP contribution in [0.2, 0.25) is 0 Å². The lowest BCUT2D eigenvalue weighted by molar-refractivity contribution is 0.446. The molecule has 0 fully saturated rings. The standard InChI is InChI=1S/C18H30S.C16H26O2/c1-8-9-10-13-11-14(17(2,3)4)16(19)15(12-13)18(5,6)7;1-3-5-7-9-13-11-16(18)14(12-15(13)17)10-8-6-4-2/h11-12,19H,8-10H2,1-7H3;11-12,17-18H,3-10H2,1-2H3. The fraction of sp³-hybridized carbons (Fsp3) is 0.647. The number of unbranched alkanes of at least 4 members (excludes halogenated alkanes) is 5. The normalized spacial score (nSPS) is 11.8. The molecule has 0 aromatic heterocycles. The number of hydrogen-bond acceptors (Lipinski definition) is 3. The smallest absolute Gasteiger partial charge is 0.119 e. The summed E-state index contributed by atoms with van der Waals surface area (Å²) in [6, 6.07) is 8.22. The van der Waals surface area contributed by atoms with Crippen LogP contribution in [0, 0.1) is 0 Å². The Morgan fingerprint density at radius 2 is 0.946 bits per heavy atom. The molecular weight excluding hydrogens is 472 g/mol. The number of phenolic OH excluding ortho intramolecular Hbond substituents is 2. The van der Waals surface area contributed by atoms with Crippen LogP contribution in [0.4, 0.5) is 0 Å². The van der Waals surface area contributed by atoms with Gasteiger partial charge in [-0.05, 0) is 89.3 Å². The van der Waals surface area contributed by atoms with Gasteiger partial charge < -0.3 is 10.2 Å². The van der Waals surface area contributed by atoms with E-state index in [0.29, 0.717) is 11.5 Å². The van der Waals surface area contributed by atoms with E-state index < -0.39 is 0 Å². The first-order valence-electron chi connectivity index (χ1n) is 14.7.